The van der Waals surface area contributed by atoms with E-state index < -0.39 is 10.0 Å². The zero-order valence-corrected chi connectivity index (χ0v) is 18.6. The van der Waals surface area contributed by atoms with Crippen molar-refractivity contribution in [2.75, 3.05) is 19.6 Å². The number of carbonyl (C=O) groups is 1. The Hall–Kier alpha value is -2.25. The number of nitrogens with zero attached hydrogens (tertiary/aromatic N) is 1. The van der Waals surface area contributed by atoms with Crippen LogP contribution in [0.5, 0.6) is 0 Å². The minimum atomic E-state index is -3.54. The molecule has 0 bridgehead atoms. The zero-order valence-electron chi connectivity index (χ0n) is 17.7. The van der Waals surface area contributed by atoms with E-state index in [1.165, 1.54) is 24.3 Å². The maximum Gasteiger partial charge on any atom is 0.253 e. The van der Waals surface area contributed by atoms with Gasteiger partial charge in [-0.05, 0) is 93.0 Å². The van der Waals surface area contributed by atoms with Gasteiger partial charge in [-0.25, -0.2) is 17.5 Å². The lowest BCUT2D eigenvalue weighted by Gasteiger charge is -2.32. The molecule has 1 aliphatic rings. The highest BCUT2D eigenvalue weighted by atomic mass is 32.2. The molecule has 0 saturated carbocycles. The Labute approximate surface area is 178 Å². The summed E-state index contributed by atoms with van der Waals surface area (Å²) in [6, 6.07) is 9.23. The van der Waals surface area contributed by atoms with Crippen LogP contribution in [-0.4, -0.2) is 38.9 Å². The molecule has 1 saturated heterocycles. The van der Waals surface area contributed by atoms with Crippen molar-refractivity contribution in [3.63, 3.8) is 0 Å². The third kappa shape index (κ3) is 5.26. The summed E-state index contributed by atoms with van der Waals surface area (Å²) in [6.07, 6.45) is 2.40. The van der Waals surface area contributed by atoms with Gasteiger partial charge in [0.05, 0.1) is 4.90 Å². The molecule has 30 heavy (non-hydrogen) atoms. The first kappa shape index (κ1) is 22.4. The minimum Gasteiger partial charge on any atom is -0.339 e. The van der Waals surface area contributed by atoms with Gasteiger partial charge in [-0.1, -0.05) is 6.07 Å². The SMILES string of the molecule is Cc1cc(C)c(S(=O)(=O)NCCC2CCN(C(=O)c3ccc(F)cc3)CC2)cc1C. The van der Waals surface area contributed by atoms with Gasteiger partial charge >= 0.3 is 0 Å². The van der Waals surface area contributed by atoms with Gasteiger partial charge in [-0.15, -0.1) is 0 Å². The molecule has 0 aromatic heterocycles. The molecular formula is C23H29FN2O3S. The quantitative estimate of drug-likeness (QED) is 0.751. The first-order valence-corrected chi connectivity index (χ1v) is 11.8. The van der Waals surface area contributed by atoms with Crippen LogP contribution in [0.3, 0.4) is 0 Å². The fourth-order valence-electron chi connectivity index (χ4n) is 3.90. The predicted octanol–water partition coefficient (Wildman–Crippen LogP) is 3.97. The minimum absolute atomic E-state index is 0.0839. The Balaban J connectivity index is 1.49. The molecule has 1 heterocycles. The Bertz CT molecular complexity index is 1010. The average molecular weight is 433 g/mol. The van der Waals surface area contributed by atoms with Gasteiger partial charge in [0.25, 0.3) is 5.91 Å². The summed E-state index contributed by atoms with van der Waals surface area (Å²) in [6.45, 7) is 7.34. The molecule has 5 nitrogen and oxygen atoms in total. The summed E-state index contributed by atoms with van der Waals surface area (Å²) in [5.74, 6) is -0.0751. The number of amides is 1. The summed E-state index contributed by atoms with van der Waals surface area (Å²) in [4.78, 5) is 14.6. The monoisotopic (exact) mass is 432 g/mol. The molecular weight excluding hydrogens is 403 g/mol. The van der Waals surface area contributed by atoms with Gasteiger partial charge in [-0.3, -0.25) is 4.79 Å². The molecule has 1 fully saturated rings. The van der Waals surface area contributed by atoms with Crippen molar-refractivity contribution in [2.45, 2.75) is 44.9 Å². The summed E-state index contributed by atoms with van der Waals surface area (Å²) in [7, 11) is -3.54. The number of hydrogen-bond donors (Lipinski definition) is 1. The molecule has 162 valence electrons. The fourth-order valence-corrected chi connectivity index (χ4v) is 5.26. The van der Waals surface area contributed by atoms with Crippen molar-refractivity contribution in [1.29, 1.82) is 0 Å². The molecule has 7 heteroatoms. The number of benzene rings is 2. The van der Waals surface area contributed by atoms with Crippen molar-refractivity contribution in [3.05, 3.63) is 64.5 Å². The van der Waals surface area contributed by atoms with E-state index in [0.717, 1.165) is 36.0 Å². The molecule has 0 unspecified atom stereocenters. The Morgan fingerprint density at radius 1 is 1.03 bits per heavy atom. The smallest absolute Gasteiger partial charge is 0.253 e. The van der Waals surface area contributed by atoms with Crippen molar-refractivity contribution >= 4 is 15.9 Å². The fraction of sp³-hybridized carbons (Fsp3) is 0.435. The molecule has 1 N–H and O–H groups in total. The molecule has 1 aliphatic heterocycles. The number of piperidine rings is 1. The number of likely N-dealkylation sites (tertiary alicyclic amines) is 1. The zero-order chi connectivity index (χ0) is 21.9. The number of aryl methyl sites for hydroxylation is 3. The molecule has 0 aliphatic carbocycles. The standard InChI is InChI=1S/C23H29FN2O3S/c1-16-14-18(3)22(15-17(16)2)30(28,29)25-11-8-19-9-12-26(13-10-19)23(27)20-4-6-21(24)7-5-20/h4-7,14-15,19,25H,8-13H2,1-3H3. The lowest BCUT2D eigenvalue weighted by molar-refractivity contribution is 0.0687. The summed E-state index contributed by atoms with van der Waals surface area (Å²) in [5, 5.41) is 0. The largest absolute Gasteiger partial charge is 0.339 e. The predicted molar refractivity (Wildman–Crippen MR) is 115 cm³/mol. The molecule has 1 amide bonds. The second-order valence-corrected chi connectivity index (χ2v) is 9.87. The van der Waals surface area contributed by atoms with Crippen molar-refractivity contribution in [1.82, 2.24) is 9.62 Å². The molecule has 0 radical (unpaired) electrons. The highest BCUT2D eigenvalue weighted by molar-refractivity contribution is 7.89. The molecule has 2 aromatic rings. The van der Waals surface area contributed by atoms with Crippen LogP contribution in [0, 0.1) is 32.5 Å². The number of halogens is 1. The maximum atomic E-state index is 13.0. The van der Waals surface area contributed by atoms with Crippen LogP contribution >= 0.6 is 0 Å². The lowest BCUT2D eigenvalue weighted by atomic mass is 9.93. The van der Waals surface area contributed by atoms with E-state index in [4.69, 9.17) is 0 Å². The highest BCUT2D eigenvalue weighted by Gasteiger charge is 2.24. The Kier molecular flexibility index (Phi) is 6.93. The third-order valence-electron chi connectivity index (χ3n) is 5.92. The van der Waals surface area contributed by atoms with E-state index in [0.29, 0.717) is 36.0 Å². The van der Waals surface area contributed by atoms with Crippen LogP contribution in [-0.2, 0) is 10.0 Å². The Morgan fingerprint density at radius 3 is 2.27 bits per heavy atom. The first-order chi connectivity index (χ1) is 14.2. The summed E-state index contributed by atoms with van der Waals surface area (Å²) >= 11 is 0. The molecule has 0 spiro atoms. The number of rotatable bonds is 6. The van der Waals surface area contributed by atoms with Crippen LogP contribution in [0.1, 0.15) is 46.3 Å². The van der Waals surface area contributed by atoms with E-state index >= 15 is 0 Å². The molecule has 3 rings (SSSR count). The van der Waals surface area contributed by atoms with E-state index in [9.17, 15) is 17.6 Å². The van der Waals surface area contributed by atoms with Crippen LogP contribution in [0.2, 0.25) is 0 Å². The van der Waals surface area contributed by atoms with E-state index in [1.54, 1.807) is 11.0 Å². The second kappa shape index (κ2) is 9.27. The van der Waals surface area contributed by atoms with Gasteiger partial charge < -0.3 is 4.90 Å². The normalized spacial score (nSPS) is 15.4. The van der Waals surface area contributed by atoms with Gasteiger partial charge in [0.15, 0.2) is 0 Å². The third-order valence-corrected chi connectivity index (χ3v) is 7.52. The summed E-state index contributed by atoms with van der Waals surface area (Å²) in [5.41, 5.74) is 3.28. The van der Waals surface area contributed by atoms with E-state index in [2.05, 4.69) is 4.72 Å². The van der Waals surface area contributed by atoms with Gasteiger partial charge in [0.2, 0.25) is 10.0 Å². The van der Waals surface area contributed by atoms with Crippen LogP contribution < -0.4 is 4.72 Å². The van der Waals surface area contributed by atoms with Crippen molar-refractivity contribution in [2.24, 2.45) is 5.92 Å². The van der Waals surface area contributed by atoms with Crippen molar-refractivity contribution in [3.8, 4) is 0 Å². The van der Waals surface area contributed by atoms with Gasteiger partial charge in [-0.2, -0.15) is 0 Å². The van der Waals surface area contributed by atoms with Crippen LogP contribution in [0.15, 0.2) is 41.3 Å². The van der Waals surface area contributed by atoms with E-state index in [1.807, 2.05) is 26.8 Å². The topological polar surface area (TPSA) is 66.5 Å². The average Bonchev–Trinajstić information content (AvgIpc) is 2.71. The Morgan fingerprint density at radius 2 is 1.63 bits per heavy atom. The lowest BCUT2D eigenvalue weighted by Crippen LogP contribution is -2.39. The van der Waals surface area contributed by atoms with E-state index in [-0.39, 0.29) is 11.7 Å². The van der Waals surface area contributed by atoms with Gasteiger partial charge in [0.1, 0.15) is 5.82 Å². The maximum absolute atomic E-state index is 13.0. The number of sulfonamides is 1. The van der Waals surface area contributed by atoms with Crippen LogP contribution in [0.4, 0.5) is 4.39 Å². The van der Waals surface area contributed by atoms with Gasteiger partial charge in [0, 0.05) is 25.2 Å². The summed E-state index contributed by atoms with van der Waals surface area (Å²) < 4.78 is 41.2. The van der Waals surface area contributed by atoms with Crippen molar-refractivity contribution < 1.29 is 17.6 Å². The highest BCUT2D eigenvalue weighted by Crippen LogP contribution is 2.23. The number of nitrogens with one attached hydrogen (secondary N) is 1. The number of carbonyl (C=O) groups excluding carboxylic acids is 1. The molecule has 0 atom stereocenters. The molecule has 2 aromatic carbocycles. The first-order valence-electron chi connectivity index (χ1n) is 10.3. The second-order valence-electron chi connectivity index (χ2n) is 8.13. The van der Waals surface area contributed by atoms with Crippen LogP contribution in [0.25, 0.3) is 0 Å². The number of hydrogen-bond acceptors (Lipinski definition) is 3.